The molecule has 0 unspecified atom stereocenters. The fourth-order valence-electron chi connectivity index (χ4n) is 2.34. The maximum atomic E-state index is 5.39. The van der Waals surface area contributed by atoms with Crippen LogP contribution in [0.1, 0.15) is 52.9 Å². The van der Waals surface area contributed by atoms with Gasteiger partial charge in [-0.1, -0.05) is 43.9 Å². The van der Waals surface area contributed by atoms with Crippen LogP contribution < -0.4 is 0 Å². The summed E-state index contributed by atoms with van der Waals surface area (Å²) in [5.74, 6) is 7.02. The summed E-state index contributed by atoms with van der Waals surface area (Å²) in [7, 11) is 3.69. The number of hydrogen-bond donors (Lipinski definition) is 0. The molecule has 0 saturated heterocycles. The van der Waals surface area contributed by atoms with Gasteiger partial charge in [0.15, 0.2) is 0 Å². The lowest BCUT2D eigenvalue weighted by Gasteiger charge is -2.17. The van der Waals surface area contributed by atoms with Gasteiger partial charge in [-0.3, -0.25) is 9.89 Å². The minimum absolute atomic E-state index is 0.624. The predicted octanol–water partition coefficient (Wildman–Crippen LogP) is 5.00. The zero-order chi connectivity index (χ0) is 19.8. The number of allylic oxidation sites excluding steroid dienone is 2. The number of aliphatic imine (C=N–C) groups is 2. The second kappa shape index (κ2) is 15.2. The van der Waals surface area contributed by atoms with E-state index in [0.29, 0.717) is 18.8 Å². The van der Waals surface area contributed by atoms with E-state index in [0.717, 1.165) is 43.5 Å². The van der Waals surface area contributed by atoms with Crippen molar-refractivity contribution in [1.29, 1.82) is 0 Å². The van der Waals surface area contributed by atoms with E-state index in [4.69, 9.17) is 4.74 Å². The molecule has 26 heavy (non-hydrogen) atoms. The van der Waals surface area contributed by atoms with Crippen molar-refractivity contribution in [2.24, 2.45) is 9.98 Å². The molecule has 0 radical (unpaired) electrons. The van der Waals surface area contributed by atoms with E-state index >= 15 is 0 Å². The fraction of sp³-hybridized carbons (Fsp3) is 0.545. The number of methoxy groups -OCH3 is 1. The van der Waals surface area contributed by atoms with E-state index in [9.17, 15) is 0 Å². The summed E-state index contributed by atoms with van der Waals surface area (Å²) in [6, 6.07) is 0. The summed E-state index contributed by atoms with van der Waals surface area (Å²) < 4.78 is 5.39. The van der Waals surface area contributed by atoms with Crippen LogP contribution in [0.15, 0.2) is 45.9 Å². The van der Waals surface area contributed by atoms with Crippen LogP contribution in [0.3, 0.4) is 0 Å². The Morgan fingerprint density at radius 1 is 1.23 bits per heavy atom. The Morgan fingerprint density at radius 3 is 2.50 bits per heavy atom. The zero-order valence-corrected chi connectivity index (χ0v) is 17.3. The molecule has 0 rings (SSSR count). The van der Waals surface area contributed by atoms with E-state index in [-0.39, 0.29) is 0 Å². The molecule has 0 aliphatic carbocycles. The second-order valence-corrected chi connectivity index (χ2v) is 6.15. The molecule has 0 aromatic rings. The predicted molar refractivity (Wildman–Crippen MR) is 115 cm³/mol. The molecular weight excluding hydrogens is 322 g/mol. The van der Waals surface area contributed by atoms with E-state index in [1.807, 2.05) is 0 Å². The molecule has 4 nitrogen and oxygen atoms in total. The lowest BCUT2D eigenvalue weighted by molar-refractivity contribution is 0.275. The molecule has 0 fully saturated rings. The van der Waals surface area contributed by atoms with Crippen molar-refractivity contribution in [3.05, 3.63) is 35.9 Å². The van der Waals surface area contributed by atoms with Crippen molar-refractivity contribution in [1.82, 2.24) is 4.90 Å². The fourth-order valence-corrected chi connectivity index (χ4v) is 2.34. The highest BCUT2D eigenvalue weighted by Gasteiger charge is 2.09. The van der Waals surface area contributed by atoms with Gasteiger partial charge in [0.1, 0.15) is 0 Å². The second-order valence-electron chi connectivity index (χ2n) is 6.15. The van der Waals surface area contributed by atoms with Gasteiger partial charge < -0.3 is 4.74 Å². The molecule has 0 bridgehead atoms. The maximum absolute atomic E-state index is 5.39. The zero-order valence-electron chi connectivity index (χ0n) is 17.3. The normalized spacial score (nSPS) is 13.0. The Balaban J connectivity index is 4.81. The average Bonchev–Trinajstić information content (AvgIpc) is 2.64. The lowest BCUT2D eigenvalue weighted by atomic mass is 10.1. The molecule has 0 heterocycles. The molecule has 144 valence electrons. The third-order valence-electron chi connectivity index (χ3n) is 4.05. The summed E-state index contributed by atoms with van der Waals surface area (Å²) in [5.41, 5.74) is 3.61. The number of hydrogen-bond acceptors (Lipinski definition) is 4. The van der Waals surface area contributed by atoms with E-state index < -0.39 is 0 Å². The third kappa shape index (κ3) is 10.7. The number of ether oxygens (including phenoxy) is 1. The van der Waals surface area contributed by atoms with Gasteiger partial charge in [-0.25, -0.2) is 4.99 Å². The monoisotopic (exact) mass is 357 g/mol. The standard InChI is InChI=1S/C22H35N3O/c1-8-19(4)14-13-15-20(22(23-5)26-7)18-25(6)17-12-11-16-21(9-2)24-10-3/h10,14H,3,5,8-9,13,15-18H2,1-2,4,6-7H3/b19-14-,22-20-,24-21+. The molecule has 0 aliphatic heterocycles. The van der Waals surface area contributed by atoms with Gasteiger partial charge in [0, 0.05) is 30.5 Å². The summed E-state index contributed by atoms with van der Waals surface area (Å²) in [5, 5.41) is 0. The first-order chi connectivity index (χ1) is 12.5. The molecule has 4 heteroatoms. The first-order valence-electron chi connectivity index (χ1n) is 9.21. The molecule has 0 atom stereocenters. The molecule has 0 aromatic carbocycles. The van der Waals surface area contributed by atoms with Gasteiger partial charge >= 0.3 is 0 Å². The lowest BCUT2D eigenvalue weighted by Crippen LogP contribution is -2.22. The first-order valence-corrected chi connectivity index (χ1v) is 9.21. The van der Waals surface area contributed by atoms with Crippen molar-refractivity contribution in [3.8, 4) is 11.8 Å². The van der Waals surface area contributed by atoms with Gasteiger partial charge in [-0.05, 0) is 46.4 Å². The Labute approximate surface area is 160 Å². The van der Waals surface area contributed by atoms with Crippen molar-refractivity contribution >= 4 is 12.4 Å². The van der Waals surface area contributed by atoms with Crippen LogP contribution >= 0.6 is 0 Å². The molecule has 0 amide bonds. The van der Waals surface area contributed by atoms with Crippen LogP contribution in [0.5, 0.6) is 0 Å². The Bertz CT molecular complexity index is 588. The molecule has 0 saturated carbocycles. The van der Waals surface area contributed by atoms with Gasteiger partial charge in [-0.15, -0.1) is 0 Å². The van der Waals surface area contributed by atoms with Gasteiger partial charge in [0.25, 0.3) is 0 Å². The van der Waals surface area contributed by atoms with Crippen molar-refractivity contribution < 1.29 is 4.74 Å². The minimum Gasteiger partial charge on any atom is -0.481 e. The first kappa shape index (κ1) is 23.9. The minimum atomic E-state index is 0.624. The van der Waals surface area contributed by atoms with Crippen molar-refractivity contribution in [2.75, 3.05) is 27.2 Å². The van der Waals surface area contributed by atoms with Crippen molar-refractivity contribution in [3.63, 3.8) is 0 Å². The summed E-state index contributed by atoms with van der Waals surface area (Å²) in [6.07, 6.45) is 8.42. The van der Waals surface area contributed by atoms with Crippen LogP contribution in [-0.2, 0) is 4.74 Å². The highest BCUT2D eigenvalue weighted by molar-refractivity contribution is 5.86. The van der Waals surface area contributed by atoms with E-state index in [1.54, 1.807) is 13.3 Å². The molecular formula is C22H35N3O. The van der Waals surface area contributed by atoms with E-state index in [1.165, 1.54) is 5.57 Å². The highest BCUT2D eigenvalue weighted by Crippen LogP contribution is 2.16. The van der Waals surface area contributed by atoms with Gasteiger partial charge in [-0.2, -0.15) is 0 Å². The van der Waals surface area contributed by atoms with E-state index in [2.05, 4.69) is 73.9 Å². The van der Waals surface area contributed by atoms with Gasteiger partial charge in [0.05, 0.1) is 13.7 Å². The van der Waals surface area contributed by atoms with Crippen LogP contribution in [-0.4, -0.2) is 44.6 Å². The Morgan fingerprint density at radius 2 is 1.96 bits per heavy atom. The topological polar surface area (TPSA) is 37.2 Å². The third-order valence-corrected chi connectivity index (χ3v) is 4.05. The smallest absolute Gasteiger partial charge is 0.212 e. The summed E-state index contributed by atoms with van der Waals surface area (Å²) >= 11 is 0. The average molecular weight is 358 g/mol. The molecule has 0 N–H and O–H groups in total. The quantitative estimate of drug-likeness (QED) is 0.213. The summed E-state index contributed by atoms with van der Waals surface area (Å²) in [6.45, 7) is 15.1. The van der Waals surface area contributed by atoms with Crippen molar-refractivity contribution in [2.45, 2.75) is 52.9 Å². The van der Waals surface area contributed by atoms with Crippen LogP contribution in [0.25, 0.3) is 0 Å². The molecule has 0 aromatic heterocycles. The largest absolute Gasteiger partial charge is 0.481 e. The summed E-state index contributed by atoms with van der Waals surface area (Å²) in [4.78, 5) is 10.4. The number of likely N-dealkylation sites (N-methyl/N-ethyl adjacent to an activating group) is 1. The molecule has 0 spiro atoms. The van der Waals surface area contributed by atoms with Gasteiger partial charge in [0.2, 0.25) is 5.88 Å². The Hall–Kier alpha value is -2.12. The highest BCUT2D eigenvalue weighted by atomic mass is 16.5. The van der Waals surface area contributed by atoms with Crippen LogP contribution in [0.4, 0.5) is 0 Å². The SMILES string of the molecule is C=C/N=C(\CC)CC#CCN(C)C/C(CC/C=C(/C)CC)=C(/N=C)OC. The van der Waals surface area contributed by atoms with Crippen LogP contribution in [0.2, 0.25) is 0 Å². The maximum Gasteiger partial charge on any atom is 0.212 e. The van der Waals surface area contributed by atoms with Crippen LogP contribution in [0, 0.1) is 11.8 Å². The number of nitrogens with zero attached hydrogens (tertiary/aromatic N) is 3. The number of rotatable bonds is 12. The molecule has 0 aliphatic rings. The Kier molecular flexibility index (Phi) is 13.9.